The molecule has 1 heterocycles. The topological polar surface area (TPSA) is 70.1 Å². The van der Waals surface area contributed by atoms with E-state index in [-0.39, 0.29) is 0 Å². The summed E-state index contributed by atoms with van der Waals surface area (Å²) in [5, 5.41) is 4.20. The summed E-state index contributed by atoms with van der Waals surface area (Å²) >= 11 is 0. The number of aromatic nitrogens is 2. The van der Waals surface area contributed by atoms with Crippen LogP contribution in [0.4, 0.5) is 5.82 Å². The molecule has 0 radical (unpaired) electrons. The van der Waals surface area contributed by atoms with Gasteiger partial charge in [0.2, 0.25) is 0 Å². The third kappa shape index (κ3) is 2.19. The minimum atomic E-state index is -0.416. The van der Waals surface area contributed by atoms with Crippen LogP contribution in [0.25, 0.3) is 0 Å². The van der Waals surface area contributed by atoms with Crippen LogP contribution in [0.2, 0.25) is 0 Å². The monoisotopic (exact) mass is 257 g/mol. The first-order valence-corrected chi connectivity index (χ1v) is 6.36. The largest absolute Gasteiger partial charge is 0.417 e. The van der Waals surface area contributed by atoms with E-state index in [2.05, 4.69) is 5.10 Å². The zero-order valence-electron chi connectivity index (χ0n) is 10.5. The number of hydrogen-bond acceptors (Lipinski definition) is 4. The molecule has 1 aromatic carbocycles. The lowest BCUT2D eigenvalue weighted by molar-refractivity contribution is 0.0735. The normalized spacial score (nSPS) is 14.9. The van der Waals surface area contributed by atoms with Gasteiger partial charge in [0.25, 0.3) is 0 Å². The van der Waals surface area contributed by atoms with Gasteiger partial charge in [-0.05, 0) is 31.4 Å². The summed E-state index contributed by atoms with van der Waals surface area (Å²) in [6, 6.07) is 9.18. The molecule has 0 atom stereocenters. The zero-order valence-corrected chi connectivity index (χ0v) is 10.5. The number of hydrogen-bond donors (Lipinski definition) is 1. The first kappa shape index (κ1) is 11.8. The molecule has 1 aromatic heterocycles. The van der Waals surface area contributed by atoms with Gasteiger partial charge in [0, 0.05) is 0 Å². The first-order valence-electron chi connectivity index (χ1n) is 6.36. The summed E-state index contributed by atoms with van der Waals surface area (Å²) < 4.78 is 7.03. The highest BCUT2D eigenvalue weighted by Gasteiger charge is 2.24. The number of ether oxygens (including phenoxy) is 1. The van der Waals surface area contributed by atoms with Crippen molar-refractivity contribution in [2.24, 2.45) is 0 Å². The molecule has 98 valence electrons. The van der Waals surface area contributed by atoms with Crippen LogP contribution in [-0.4, -0.2) is 15.7 Å². The van der Waals surface area contributed by atoms with Crippen LogP contribution in [0.1, 0.15) is 35.7 Å². The van der Waals surface area contributed by atoms with Gasteiger partial charge in [-0.2, -0.15) is 5.10 Å². The number of esters is 1. The average Bonchev–Trinajstić information content (AvgIpc) is 2.71. The van der Waals surface area contributed by atoms with Crippen LogP contribution in [0.15, 0.2) is 36.5 Å². The Morgan fingerprint density at radius 1 is 1.32 bits per heavy atom. The van der Waals surface area contributed by atoms with Gasteiger partial charge in [0.1, 0.15) is 0 Å². The number of carbonyl (C=O) groups excluding carboxylic acids is 1. The van der Waals surface area contributed by atoms with E-state index in [0.717, 1.165) is 12.8 Å². The highest BCUT2D eigenvalue weighted by molar-refractivity contribution is 5.91. The minimum Gasteiger partial charge on any atom is -0.417 e. The number of carbonyl (C=O) groups is 1. The van der Waals surface area contributed by atoms with E-state index in [4.69, 9.17) is 10.5 Å². The van der Waals surface area contributed by atoms with E-state index in [1.807, 2.05) is 6.07 Å². The van der Waals surface area contributed by atoms with Crippen LogP contribution in [0, 0.1) is 0 Å². The predicted molar refractivity (Wildman–Crippen MR) is 70.9 cm³/mol. The molecule has 5 nitrogen and oxygen atoms in total. The number of nitrogens with two attached hydrogens (primary N) is 1. The fourth-order valence-corrected chi connectivity index (χ4v) is 2.09. The van der Waals surface area contributed by atoms with Gasteiger partial charge >= 0.3 is 5.97 Å². The summed E-state index contributed by atoms with van der Waals surface area (Å²) in [5.41, 5.74) is 6.46. The van der Waals surface area contributed by atoms with Gasteiger partial charge in [0.05, 0.1) is 17.8 Å². The molecule has 3 rings (SSSR count). The number of anilines is 1. The molecule has 19 heavy (non-hydrogen) atoms. The molecule has 1 aliphatic rings. The van der Waals surface area contributed by atoms with Crippen LogP contribution in [0.5, 0.6) is 5.75 Å². The Labute approximate surface area is 111 Å². The lowest BCUT2D eigenvalue weighted by Gasteiger charge is -2.26. The number of rotatable bonds is 3. The second-order valence-electron chi connectivity index (χ2n) is 4.68. The van der Waals surface area contributed by atoms with Gasteiger partial charge < -0.3 is 10.5 Å². The third-order valence-electron chi connectivity index (χ3n) is 3.43. The van der Waals surface area contributed by atoms with E-state index in [9.17, 15) is 4.79 Å². The molecule has 0 saturated heterocycles. The highest BCUT2D eigenvalue weighted by Crippen LogP contribution is 2.35. The van der Waals surface area contributed by atoms with E-state index >= 15 is 0 Å². The molecule has 0 spiro atoms. The lowest BCUT2D eigenvalue weighted by Crippen LogP contribution is -2.20. The SMILES string of the molecule is Nc1c(OC(=O)c2ccccc2)cnn1C1CCC1. The average molecular weight is 257 g/mol. The second-order valence-corrected chi connectivity index (χ2v) is 4.68. The Morgan fingerprint density at radius 2 is 2.05 bits per heavy atom. The molecular weight excluding hydrogens is 242 g/mol. The maximum Gasteiger partial charge on any atom is 0.343 e. The fraction of sp³-hybridized carbons (Fsp3) is 0.286. The van der Waals surface area contributed by atoms with Crippen LogP contribution >= 0.6 is 0 Å². The molecular formula is C14H15N3O2. The van der Waals surface area contributed by atoms with Crippen molar-refractivity contribution >= 4 is 11.8 Å². The molecule has 1 aliphatic carbocycles. The second kappa shape index (κ2) is 4.76. The van der Waals surface area contributed by atoms with Crippen molar-refractivity contribution in [1.82, 2.24) is 9.78 Å². The first-order chi connectivity index (χ1) is 9.25. The molecule has 0 amide bonds. The molecule has 0 bridgehead atoms. The lowest BCUT2D eigenvalue weighted by atomic mass is 9.93. The van der Waals surface area contributed by atoms with Crippen molar-refractivity contribution in [2.75, 3.05) is 5.73 Å². The van der Waals surface area contributed by atoms with Crippen molar-refractivity contribution in [3.05, 3.63) is 42.1 Å². The summed E-state index contributed by atoms with van der Waals surface area (Å²) in [7, 11) is 0. The van der Waals surface area contributed by atoms with Crippen molar-refractivity contribution in [3.63, 3.8) is 0 Å². The summed E-state index contributed by atoms with van der Waals surface area (Å²) in [6.07, 6.45) is 4.87. The van der Waals surface area contributed by atoms with Gasteiger partial charge in [0.15, 0.2) is 11.6 Å². The standard InChI is InChI=1S/C14H15N3O2/c15-13-12(9-16-17(13)11-7-4-8-11)19-14(18)10-5-2-1-3-6-10/h1-3,5-6,9,11H,4,7-8,15H2. The zero-order chi connectivity index (χ0) is 13.2. The van der Waals surface area contributed by atoms with Gasteiger partial charge in [-0.3, -0.25) is 0 Å². The number of nitrogen functional groups attached to an aromatic ring is 1. The molecule has 2 aromatic rings. The molecule has 2 N–H and O–H groups in total. The Bertz CT molecular complexity index is 588. The Hall–Kier alpha value is -2.30. The van der Waals surface area contributed by atoms with E-state index in [0.29, 0.717) is 23.2 Å². The summed E-state index contributed by atoms with van der Waals surface area (Å²) in [5.74, 6) is 0.343. The smallest absolute Gasteiger partial charge is 0.343 e. The number of benzene rings is 1. The molecule has 5 heteroatoms. The Balaban J connectivity index is 1.76. The van der Waals surface area contributed by atoms with Crippen LogP contribution in [0.3, 0.4) is 0 Å². The van der Waals surface area contributed by atoms with Gasteiger partial charge in [-0.1, -0.05) is 18.2 Å². The quantitative estimate of drug-likeness (QED) is 0.857. The van der Waals surface area contributed by atoms with Crippen molar-refractivity contribution in [3.8, 4) is 5.75 Å². The highest BCUT2D eigenvalue weighted by atomic mass is 16.5. The fourth-order valence-electron chi connectivity index (χ4n) is 2.09. The maximum absolute atomic E-state index is 11.9. The molecule has 0 unspecified atom stereocenters. The predicted octanol–water partition coefficient (Wildman–Crippen LogP) is 2.41. The van der Waals surface area contributed by atoms with E-state index in [1.165, 1.54) is 12.6 Å². The molecule has 0 aliphatic heterocycles. The third-order valence-corrected chi connectivity index (χ3v) is 3.43. The summed E-state index contributed by atoms with van der Waals surface area (Å²) in [6.45, 7) is 0. The van der Waals surface area contributed by atoms with Crippen molar-refractivity contribution in [1.29, 1.82) is 0 Å². The molecule has 1 fully saturated rings. The Kier molecular flexibility index (Phi) is 2.95. The van der Waals surface area contributed by atoms with Crippen LogP contribution < -0.4 is 10.5 Å². The van der Waals surface area contributed by atoms with Crippen molar-refractivity contribution < 1.29 is 9.53 Å². The van der Waals surface area contributed by atoms with Gasteiger partial charge in [-0.15, -0.1) is 0 Å². The number of nitrogens with zero attached hydrogens (tertiary/aromatic N) is 2. The van der Waals surface area contributed by atoms with E-state index in [1.54, 1.807) is 28.9 Å². The summed E-state index contributed by atoms with van der Waals surface area (Å²) in [4.78, 5) is 11.9. The molecule has 1 saturated carbocycles. The van der Waals surface area contributed by atoms with Crippen LogP contribution in [-0.2, 0) is 0 Å². The Morgan fingerprint density at radius 3 is 2.68 bits per heavy atom. The minimum absolute atomic E-state index is 0.334. The van der Waals surface area contributed by atoms with Crippen molar-refractivity contribution in [2.45, 2.75) is 25.3 Å². The maximum atomic E-state index is 11.9. The van der Waals surface area contributed by atoms with Gasteiger partial charge in [-0.25, -0.2) is 9.48 Å². The van der Waals surface area contributed by atoms with E-state index < -0.39 is 5.97 Å².